The van der Waals surface area contributed by atoms with Crippen LogP contribution in [-0.2, 0) is 9.53 Å². The van der Waals surface area contributed by atoms with Crippen molar-refractivity contribution in [2.24, 2.45) is 23.7 Å². The average Bonchev–Trinajstić information content (AvgIpc) is 3.20. The molecule has 1 aromatic rings. The van der Waals surface area contributed by atoms with Gasteiger partial charge >= 0.3 is 5.97 Å². The van der Waals surface area contributed by atoms with Crippen molar-refractivity contribution >= 4 is 11.5 Å². The predicted octanol–water partition coefficient (Wildman–Crippen LogP) is 5.28. The van der Waals surface area contributed by atoms with E-state index in [1.165, 1.54) is 12.0 Å². The van der Waals surface area contributed by atoms with Crippen molar-refractivity contribution in [1.29, 1.82) is 10.5 Å². The molecule has 1 aromatic heterocycles. The molecule has 5 nitrogen and oxygen atoms in total. The quantitative estimate of drug-likeness (QED) is 0.363. The molecule has 4 aliphatic carbocycles. The highest BCUT2D eigenvalue weighted by Crippen LogP contribution is 2.59. The van der Waals surface area contributed by atoms with E-state index in [4.69, 9.17) is 9.15 Å². The standard InChI is InChI=1S/C25H24N2O3/c1-12-4-20(14(3)29-12)13(2)21-23(25(28)30-24(21)19(10-26)11-27)22-17-6-15-5-16(8-17)9-18(22)7-15/h4,15-18H,5-9H2,1-3H3/b21-13+,23-22?. The fraction of sp³-hybridized carbons (Fsp3) is 0.480. The number of allylic oxidation sites excluding steroid dienone is 4. The Balaban J connectivity index is 1.79. The van der Waals surface area contributed by atoms with Crippen molar-refractivity contribution in [3.8, 4) is 12.1 Å². The Labute approximate surface area is 176 Å². The first-order valence-electron chi connectivity index (χ1n) is 10.7. The number of carbonyl (C=O) groups is 1. The van der Waals surface area contributed by atoms with Gasteiger partial charge in [0, 0.05) is 11.1 Å². The highest BCUT2D eigenvalue weighted by atomic mass is 16.5. The molecule has 1 saturated heterocycles. The molecule has 5 fully saturated rings. The van der Waals surface area contributed by atoms with Gasteiger partial charge in [0.05, 0.1) is 5.57 Å². The smallest absolute Gasteiger partial charge is 0.344 e. The first-order valence-corrected chi connectivity index (χ1v) is 10.7. The largest absolute Gasteiger partial charge is 0.466 e. The summed E-state index contributed by atoms with van der Waals surface area (Å²) >= 11 is 0. The van der Waals surface area contributed by atoms with Gasteiger partial charge in [0.25, 0.3) is 0 Å². The molecule has 4 saturated carbocycles. The zero-order chi connectivity index (χ0) is 21.2. The van der Waals surface area contributed by atoms with Crippen molar-refractivity contribution in [2.45, 2.75) is 52.9 Å². The van der Waals surface area contributed by atoms with E-state index in [9.17, 15) is 15.3 Å². The molecule has 4 bridgehead atoms. The van der Waals surface area contributed by atoms with Gasteiger partial charge < -0.3 is 9.15 Å². The molecule has 152 valence electrons. The first-order chi connectivity index (χ1) is 14.4. The second-order valence-corrected chi connectivity index (χ2v) is 9.28. The third kappa shape index (κ3) is 2.69. The minimum Gasteiger partial charge on any atom is -0.466 e. The lowest BCUT2D eigenvalue weighted by Crippen LogP contribution is -2.41. The Morgan fingerprint density at radius 2 is 1.63 bits per heavy atom. The van der Waals surface area contributed by atoms with E-state index in [1.54, 1.807) is 0 Å². The third-order valence-corrected chi connectivity index (χ3v) is 7.45. The van der Waals surface area contributed by atoms with E-state index in [2.05, 4.69) is 0 Å². The minimum absolute atomic E-state index is 0.108. The molecule has 6 rings (SSSR count). The predicted molar refractivity (Wildman–Crippen MR) is 109 cm³/mol. The summed E-state index contributed by atoms with van der Waals surface area (Å²) in [6.07, 6.45) is 5.87. The van der Waals surface area contributed by atoms with Crippen LogP contribution in [0, 0.1) is 60.2 Å². The summed E-state index contributed by atoms with van der Waals surface area (Å²) < 4.78 is 11.3. The second-order valence-electron chi connectivity index (χ2n) is 9.28. The molecule has 2 heterocycles. The van der Waals surface area contributed by atoms with E-state index in [0.29, 0.717) is 23.0 Å². The van der Waals surface area contributed by atoms with Gasteiger partial charge in [0.1, 0.15) is 23.7 Å². The Morgan fingerprint density at radius 1 is 1.03 bits per heavy atom. The van der Waals surface area contributed by atoms with Crippen LogP contribution in [0.15, 0.2) is 38.5 Å². The van der Waals surface area contributed by atoms with Gasteiger partial charge in [0.2, 0.25) is 0 Å². The molecule has 0 unspecified atom stereocenters. The summed E-state index contributed by atoms with van der Waals surface area (Å²) in [6.45, 7) is 5.70. The van der Waals surface area contributed by atoms with Crippen molar-refractivity contribution in [3.63, 3.8) is 0 Å². The van der Waals surface area contributed by atoms with Crippen molar-refractivity contribution < 1.29 is 13.9 Å². The lowest BCUT2D eigenvalue weighted by atomic mass is 9.53. The Bertz CT molecular complexity index is 1100. The SMILES string of the molecule is C/C(=C1\C(=C(C#N)C#N)OC(=O)C1=C1C2CC3CC(C2)CC1C3)c1cc(C)oc1C. The number of hydrogen-bond acceptors (Lipinski definition) is 5. The molecule has 0 amide bonds. The highest BCUT2D eigenvalue weighted by molar-refractivity contribution is 6.05. The van der Waals surface area contributed by atoms with Crippen LogP contribution in [-0.4, -0.2) is 5.97 Å². The van der Waals surface area contributed by atoms with Crippen LogP contribution in [0.3, 0.4) is 0 Å². The van der Waals surface area contributed by atoms with Gasteiger partial charge in [-0.3, -0.25) is 0 Å². The molecule has 30 heavy (non-hydrogen) atoms. The minimum atomic E-state index is -0.414. The van der Waals surface area contributed by atoms with Gasteiger partial charge in [-0.2, -0.15) is 10.5 Å². The summed E-state index contributed by atoms with van der Waals surface area (Å²) in [5.74, 6) is 3.58. The van der Waals surface area contributed by atoms with Gasteiger partial charge in [-0.05, 0) is 93.8 Å². The molecule has 0 N–H and O–H groups in total. The molecular formula is C25H24N2O3. The van der Waals surface area contributed by atoms with Crippen molar-refractivity contribution in [2.75, 3.05) is 0 Å². The monoisotopic (exact) mass is 400 g/mol. The van der Waals surface area contributed by atoms with E-state index in [-0.39, 0.29) is 11.3 Å². The van der Waals surface area contributed by atoms with E-state index < -0.39 is 5.97 Å². The molecule has 0 aromatic carbocycles. The van der Waals surface area contributed by atoms with Crippen molar-refractivity contribution in [1.82, 2.24) is 0 Å². The number of nitriles is 2. The van der Waals surface area contributed by atoms with Crippen molar-refractivity contribution in [3.05, 3.63) is 51.2 Å². The molecule has 0 radical (unpaired) electrons. The zero-order valence-electron chi connectivity index (χ0n) is 17.5. The Hall–Kier alpha value is -3.05. The van der Waals surface area contributed by atoms with Gasteiger partial charge in [-0.25, -0.2) is 4.79 Å². The maximum Gasteiger partial charge on any atom is 0.344 e. The number of carbonyl (C=O) groups excluding carboxylic acids is 1. The molecule has 1 aliphatic heterocycles. The van der Waals surface area contributed by atoms with Crippen LogP contribution in [0.4, 0.5) is 0 Å². The number of rotatable bonds is 1. The average molecular weight is 400 g/mol. The lowest BCUT2D eigenvalue weighted by molar-refractivity contribution is -0.132. The summed E-state index contributed by atoms with van der Waals surface area (Å²) in [6, 6.07) is 5.78. The van der Waals surface area contributed by atoms with Crippen LogP contribution >= 0.6 is 0 Å². The topological polar surface area (TPSA) is 87.0 Å². The fourth-order valence-electron chi connectivity index (χ4n) is 6.57. The van der Waals surface area contributed by atoms with Gasteiger partial charge in [-0.1, -0.05) is 0 Å². The van der Waals surface area contributed by atoms with Crippen LogP contribution in [0.25, 0.3) is 5.57 Å². The Kier molecular flexibility index (Phi) is 4.26. The van der Waals surface area contributed by atoms with Gasteiger partial charge in [0.15, 0.2) is 11.3 Å². The summed E-state index contributed by atoms with van der Waals surface area (Å²) in [4.78, 5) is 13.2. The van der Waals surface area contributed by atoms with Crippen LogP contribution in [0.1, 0.15) is 56.1 Å². The lowest BCUT2D eigenvalue weighted by Gasteiger charge is -2.51. The number of ether oxygens (including phenoxy) is 1. The van der Waals surface area contributed by atoms with Gasteiger partial charge in [-0.15, -0.1) is 0 Å². The normalized spacial score (nSPS) is 31.0. The Morgan fingerprint density at radius 3 is 2.13 bits per heavy atom. The molecule has 5 aliphatic rings. The van der Waals surface area contributed by atoms with Crippen LogP contribution < -0.4 is 0 Å². The fourth-order valence-corrected chi connectivity index (χ4v) is 6.57. The third-order valence-electron chi connectivity index (χ3n) is 7.45. The van der Waals surface area contributed by atoms with E-state index in [1.807, 2.05) is 39.0 Å². The van der Waals surface area contributed by atoms with E-state index >= 15 is 0 Å². The molecule has 0 atom stereocenters. The first kappa shape index (κ1) is 18.9. The van der Waals surface area contributed by atoms with Crippen LogP contribution in [0.2, 0.25) is 0 Å². The number of cyclic esters (lactones) is 1. The molecular weight excluding hydrogens is 376 g/mol. The summed E-state index contributed by atoms with van der Waals surface area (Å²) in [5, 5.41) is 19.0. The summed E-state index contributed by atoms with van der Waals surface area (Å²) in [7, 11) is 0. The van der Waals surface area contributed by atoms with Crippen LogP contribution in [0.5, 0.6) is 0 Å². The second kappa shape index (κ2) is 6.74. The number of aryl methyl sites for hydroxylation is 2. The van der Waals surface area contributed by atoms with E-state index in [0.717, 1.165) is 60.2 Å². The number of furan rings is 1. The molecule has 0 spiro atoms. The number of hydrogen-bond donors (Lipinski definition) is 0. The molecule has 5 heteroatoms. The maximum absolute atomic E-state index is 13.2. The maximum atomic E-state index is 13.2. The highest BCUT2D eigenvalue weighted by Gasteiger charge is 2.49. The number of nitrogens with zero attached hydrogens (tertiary/aromatic N) is 2. The zero-order valence-corrected chi connectivity index (χ0v) is 17.5. The summed E-state index contributed by atoms with van der Waals surface area (Å²) in [5.41, 5.74) is 3.99. The number of esters is 1.